The number of nitrogens with zero attached hydrogens (tertiary/aromatic N) is 2. The Hall–Kier alpha value is -4.56. The van der Waals surface area contributed by atoms with E-state index >= 15 is 8.78 Å². The third kappa shape index (κ3) is 4.19. The number of fused-ring (bicyclic) bond motifs is 5. The average Bonchev–Trinajstić information content (AvgIpc) is 3.40. The Kier molecular flexibility index (Phi) is 7.38. The summed E-state index contributed by atoms with van der Waals surface area (Å²) >= 11 is 14.3. The first-order valence-corrected chi connectivity index (χ1v) is 15.6. The number of hydrogen-bond acceptors (Lipinski definition) is 6. The maximum absolute atomic E-state index is 15.2. The summed E-state index contributed by atoms with van der Waals surface area (Å²) in [5.41, 5.74) is -1.85. The second-order valence-corrected chi connectivity index (χ2v) is 13.6. The van der Waals surface area contributed by atoms with Crippen LogP contribution in [-0.4, -0.2) is 61.0 Å². The van der Waals surface area contributed by atoms with Crippen molar-refractivity contribution < 1.29 is 56.1 Å². The molecule has 2 aliphatic heterocycles. The number of benzene rings is 3. The van der Waals surface area contributed by atoms with Crippen molar-refractivity contribution >= 4 is 69.3 Å². The molecular weight excluding hydrogens is 702 g/mol. The predicted octanol–water partition coefficient (Wildman–Crippen LogP) is 5.28. The third-order valence-electron chi connectivity index (χ3n) is 10.1. The number of aliphatic carboxylic acids is 1. The van der Waals surface area contributed by atoms with Crippen LogP contribution in [0.15, 0.2) is 48.0 Å². The van der Waals surface area contributed by atoms with E-state index in [-0.39, 0.29) is 27.8 Å². The van der Waals surface area contributed by atoms with Gasteiger partial charge in [-0.3, -0.25) is 28.9 Å². The number of hydrogen-bond donors (Lipinski definition) is 2. The molecule has 3 aromatic rings. The van der Waals surface area contributed by atoms with Gasteiger partial charge in [-0.05, 0) is 35.6 Å². The number of allylic oxidation sites excluding steroid dienone is 2. The van der Waals surface area contributed by atoms with Crippen molar-refractivity contribution in [3.8, 4) is 5.75 Å². The van der Waals surface area contributed by atoms with Crippen LogP contribution in [0.3, 0.4) is 0 Å². The fourth-order valence-electron chi connectivity index (χ4n) is 7.96. The van der Waals surface area contributed by atoms with Gasteiger partial charge in [0.2, 0.25) is 17.6 Å². The zero-order valence-corrected chi connectivity index (χ0v) is 26.2. The van der Waals surface area contributed by atoms with E-state index in [0.29, 0.717) is 5.39 Å². The van der Waals surface area contributed by atoms with Crippen LogP contribution >= 0.6 is 23.2 Å². The van der Waals surface area contributed by atoms with E-state index in [1.807, 2.05) is 0 Å². The van der Waals surface area contributed by atoms with Crippen LogP contribution < -0.4 is 4.90 Å². The summed E-state index contributed by atoms with van der Waals surface area (Å²) in [6.07, 6.45) is 0.0687. The number of carbonyl (C=O) groups is 5. The van der Waals surface area contributed by atoms with Gasteiger partial charge in [-0.15, -0.1) is 23.2 Å². The van der Waals surface area contributed by atoms with Gasteiger partial charge in [0.15, 0.2) is 33.0 Å². The second-order valence-electron chi connectivity index (χ2n) is 12.4. The van der Waals surface area contributed by atoms with E-state index < -0.39 is 123 Å². The van der Waals surface area contributed by atoms with Crippen LogP contribution in [0.1, 0.15) is 30.7 Å². The average molecular weight is 723 g/mol. The van der Waals surface area contributed by atoms with Crippen molar-refractivity contribution in [3.05, 3.63) is 82.7 Å². The molecule has 2 aliphatic carbocycles. The molecule has 49 heavy (non-hydrogen) atoms. The van der Waals surface area contributed by atoms with Gasteiger partial charge in [0.05, 0.1) is 18.3 Å². The Morgan fingerprint density at radius 2 is 1.49 bits per heavy atom. The fourth-order valence-corrected chi connectivity index (χ4v) is 8.88. The number of carbonyl (C=O) groups excluding carboxylic acids is 4. The fraction of sp³-hybridized carbons (Fsp3) is 0.303. The third-order valence-corrected chi connectivity index (χ3v) is 11.5. The minimum absolute atomic E-state index is 0.0903. The number of likely N-dealkylation sites (tertiary alicyclic amines) is 1. The number of rotatable bonds is 5. The summed E-state index contributed by atoms with van der Waals surface area (Å²) in [5.74, 6) is -24.2. The highest BCUT2D eigenvalue weighted by Crippen LogP contribution is 2.67. The van der Waals surface area contributed by atoms with Gasteiger partial charge in [0, 0.05) is 18.0 Å². The first-order chi connectivity index (χ1) is 23.1. The summed E-state index contributed by atoms with van der Waals surface area (Å²) in [6.45, 7) is -0.466. The maximum atomic E-state index is 15.2. The van der Waals surface area contributed by atoms with E-state index in [0.717, 1.165) is 4.90 Å². The van der Waals surface area contributed by atoms with E-state index in [9.17, 15) is 47.4 Å². The van der Waals surface area contributed by atoms with E-state index in [1.54, 1.807) is 18.2 Å². The molecule has 254 valence electrons. The Labute approximate surface area is 282 Å². The van der Waals surface area contributed by atoms with Gasteiger partial charge in [-0.25, -0.2) is 26.9 Å². The van der Waals surface area contributed by atoms with Gasteiger partial charge in [0.25, 0.3) is 11.8 Å². The van der Waals surface area contributed by atoms with E-state index in [4.69, 9.17) is 23.2 Å². The molecule has 16 heteroatoms. The zero-order chi connectivity index (χ0) is 35.5. The lowest BCUT2D eigenvalue weighted by Crippen LogP contribution is -2.60. The van der Waals surface area contributed by atoms with Gasteiger partial charge in [0.1, 0.15) is 11.4 Å². The molecule has 2 heterocycles. The normalized spacial score (nSPS) is 29.3. The van der Waals surface area contributed by atoms with Crippen LogP contribution in [0.25, 0.3) is 10.8 Å². The molecule has 2 saturated heterocycles. The van der Waals surface area contributed by atoms with Crippen molar-refractivity contribution in [2.24, 2.45) is 17.8 Å². The number of phenols is 1. The van der Waals surface area contributed by atoms with Crippen molar-refractivity contribution in [3.63, 3.8) is 0 Å². The first kappa shape index (κ1) is 33.0. The predicted molar refractivity (Wildman–Crippen MR) is 161 cm³/mol. The number of alkyl halides is 2. The van der Waals surface area contributed by atoms with Crippen molar-refractivity contribution in [2.45, 2.75) is 34.9 Å². The maximum Gasteiger partial charge on any atom is 0.305 e. The monoisotopic (exact) mass is 722 g/mol. The van der Waals surface area contributed by atoms with Crippen molar-refractivity contribution in [1.29, 1.82) is 0 Å². The lowest BCUT2D eigenvalue weighted by Gasteiger charge is -2.51. The topological polar surface area (TPSA) is 132 Å². The largest absolute Gasteiger partial charge is 0.508 e. The second kappa shape index (κ2) is 11.0. The Morgan fingerprint density at radius 3 is 2.14 bits per heavy atom. The molecule has 6 unspecified atom stereocenters. The zero-order valence-electron chi connectivity index (χ0n) is 24.7. The number of anilines is 1. The van der Waals surface area contributed by atoms with Crippen LogP contribution in [0, 0.1) is 46.8 Å². The highest BCUT2D eigenvalue weighted by molar-refractivity contribution is 6.58. The molecule has 4 amide bonds. The Bertz CT molecular complexity index is 2080. The Balaban J connectivity index is 1.48. The highest BCUT2D eigenvalue weighted by Gasteiger charge is 2.77. The number of imide groups is 2. The first-order valence-electron chi connectivity index (χ1n) is 14.8. The van der Waals surface area contributed by atoms with Crippen LogP contribution in [0.5, 0.6) is 5.75 Å². The molecule has 0 radical (unpaired) electrons. The molecule has 0 spiro atoms. The molecule has 3 fully saturated rings. The smallest absolute Gasteiger partial charge is 0.305 e. The SMILES string of the molecule is O=C(O)CCN1C(=O)C2CC=C3C(CC4(Cl)C(=O)N(c5c(F)c(F)c(F)c(F)c5F)C(=O)C4(Cl)C3c3c(O)ccc4ccccc34)C2C1=O. The summed E-state index contributed by atoms with van der Waals surface area (Å²) < 4.78 is 73.3. The number of phenolic OH excluding ortho intramolecular Hbond substituents is 1. The molecule has 4 aliphatic rings. The molecule has 2 N–H and O–H groups in total. The van der Waals surface area contributed by atoms with Gasteiger partial charge in [-0.2, -0.15) is 0 Å². The van der Waals surface area contributed by atoms with Crippen LogP contribution in [0.2, 0.25) is 0 Å². The minimum Gasteiger partial charge on any atom is -0.508 e. The quantitative estimate of drug-likeness (QED) is 0.0915. The van der Waals surface area contributed by atoms with Crippen LogP contribution in [-0.2, 0) is 24.0 Å². The molecule has 1 saturated carbocycles. The molecular formula is C33H21Cl2F5N2O7. The van der Waals surface area contributed by atoms with Gasteiger partial charge >= 0.3 is 5.97 Å². The molecule has 0 bridgehead atoms. The van der Waals surface area contributed by atoms with Crippen molar-refractivity contribution in [2.75, 3.05) is 11.4 Å². The molecule has 6 atom stereocenters. The van der Waals surface area contributed by atoms with Crippen LogP contribution in [0.4, 0.5) is 27.6 Å². The molecule has 0 aromatic heterocycles. The summed E-state index contributed by atoms with van der Waals surface area (Å²) in [5, 5.41) is 21.3. The highest BCUT2D eigenvalue weighted by atomic mass is 35.5. The lowest BCUT2D eigenvalue weighted by atomic mass is 9.56. The lowest BCUT2D eigenvalue weighted by molar-refractivity contribution is -0.142. The van der Waals surface area contributed by atoms with Gasteiger partial charge in [-0.1, -0.05) is 42.0 Å². The molecule has 3 aromatic carbocycles. The number of carboxylic acids is 1. The molecule has 9 nitrogen and oxygen atoms in total. The van der Waals surface area contributed by atoms with Gasteiger partial charge < -0.3 is 10.2 Å². The van der Waals surface area contributed by atoms with E-state index in [2.05, 4.69) is 0 Å². The minimum atomic E-state index is -2.81. The van der Waals surface area contributed by atoms with Crippen molar-refractivity contribution in [1.82, 2.24) is 4.90 Å². The number of aromatic hydroxyl groups is 1. The Morgan fingerprint density at radius 1 is 0.857 bits per heavy atom. The summed E-state index contributed by atoms with van der Waals surface area (Å²) in [7, 11) is 0. The standard InChI is InChI=1S/C33H21Cl2F5N2O7/c34-32-11-16-14(6-7-15-19(16)29(47)41(28(15)46)10-9-18(44)45)21(20-13-4-2-1-3-12(13)5-8-17(20)43)33(32,35)31(49)42(30(32)48)27-25(39)23(37)22(36)24(38)26(27)40/h1-6,8,15-16,19,21,43H,7,9-11H2,(H,44,45). The number of halogens is 7. The number of amides is 4. The van der Waals surface area contributed by atoms with E-state index in [1.165, 1.54) is 24.3 Å². The summed E-state index contributed by atoms with van der Waals surface area (Å²) in [4.78, 5) is 62.1. The molecule has 7 rings (SSSR count). The number of carboxylic acid groups (broad SMARTS) is 1. The summed E-state index contributed by atoms with van der Waals surface area (Å²) in [6, 6.07) is 9.19.